The number of hydrogen-bond donors (Lipinski definition) is 4. The first-order valence-electron chi connectivity index (χ1n) is 13.1. The summed E-state index contributed by atoms with van der Waals surface area (Å²) in [6, 6.07) is 21.5. The number of urea groups is 2. The SMILES string of the molecule is O=C(NCc1ccncc1)Nc1ccc(NC(=O)Nc2ccc(OCN3CCCCC3)cc2)c2ccccc12. The summed E-state index contributed by atoms with van der Waals surface area (Å²) in [5.74, 6) is 0.769. The summed E-state index contributed by atoms with van der Waals surface area (Å²) in [6.07, 6.45) is 7.10. The van der Waals surface area contributed by atoms with Gasteiger partial charge in [0.1, 0.15) is 12.5 Å². The summed E-state index contributed by atoms with van der Waals surface area (Å²) in [7, 11) is 0. The molecule has 9 heteroatoms. The molecule has 1 aromatic heterocycles. The molecule has 0 unspecified atom stereocenters. The number of ether oxygens (including phenoxy) is 1. The van der Waals surface area contributed by atoms with Crippen LogP contribution in [0.4, 0.5) is 26.7 Å². The second-order valence-electron chi connectivity index (χ2n) is 9.43. The molecule has 0 radical (unpaired) electrons. The van der Waals surface area contributed by atoms with Crippen LogP contribution in [0.1, 0.15) is 24.8 Å². The Bertz CT molecular complexity index is 1410. The zero-order valence-corrected chi connectivity index (χ0v) is 21.7. The first-order chi connectivity index (χ1) is 19.1. The van der Waals surface area contributed by atoms with E-state index in [2.05, 4.69) is 31.2 Å². The van der Waals surface area contributed by atoms with Gasteiger partial charge >= 0.3 is 12.1 Å². The summed E-state index contributed by atoms with van der Waals surface area (Å²) >= 11 is 0. The number of nitrogens with zero attached hydrogens (tertiary/aromatic N) is 2. The number of rotatable bonds is 8. The highest BCUT2D eigenvalue weighted by atomic mass is 16.5. The van der Waals surface area contributed by atoms with Crippen LogP contribution in [0.5, 0.6) is 5.75 Å². The van der Waals surface area contributed by atoms with Gasteiger partial charge in [0, 0.05) is 48.5 Å². The van der Waals surface area contributed by atoms with Gasteiger partial charge in [0.05, 0.1) is 11.4 Å². The maximum atomic E-state index is 12.8. The van der Waals surface area contributed by atoms with Crippen molar-refractivity contribution in [2.75, 3.05) is 35.8 Å². The Kier molecular flexibility index (Phi) is 8.50. The van der Waals surface area contributed by atoms with Crippen LogP contribution < -0.4 is 26.0 Å². The molecule has 1 saturated heterocycles. The number of carbonyl (C=O) groups is 2. The van der Waals surface area contributed by atoms with Gasteiger partial charge in [0.15, 0.2) is 0 Å². The monoisotopic (exact) mass is 524 g/mol. The molecule has 3 aromatic carbocycles. The largest absolute Gasteiger partial charge is 0.478 e. The van der Waals surface area contributed by atoms with Crippen molar-refractivity contribution in [1.82, 2.24) is 15.2 Å². The van der Waals surface area contributed by atoms with E-state index in [9.17, 15) is 9.59 Å². The number of hydrogen-bond acceptors (Lipinski definition) is 5. The average Bonchev–Trinajstić information content (AvgIpc) is 2.98. The van der Waals surface area contributed by atoms with Crippen LogP contribution in [0.25, 0.3) is 10.8 Å². The van der Waals surface area contributed by atoms with E-state index in [1.54, 1.807) is 24.5 Å². The lowest BCUT2D eigenvalue weighted by atomic mass is 10.1. The number of anilines is 3. The smallest absolute Gasteiger partial charge is 0.323 e. The van der Waals surface area contributed by atoms with Gasteiger partial charge < -0.3 is 26.0 Å². The van der Waals surface area contributed by atoms with Crippen molar-refractivity contribution < 1.29 is 14.3 Å². The van der Waals surface area contributed by atoms with Gasteiger partial charge in [-0.3, -0.25) is 9.88 Å². The molecule has 0 aliphatic carbocycles. The van der Waals surface area contributed by atoms with Crippen molar-refractivity contribution in [3.63, 3.8) is 0 Å². The fourth-order valence-electron chi connectivity index (χ4n) is 4.54. The third-order valence-corrected chi connectivity index (χ3v) is 6.60. The molecule has 200 valence electrons. The Balaban J connectivity index is 1.17. The molecule has 4 amide bonds. The molecule has 4 aromatic rings. The van der Waals surface area contributed by atoms with E-state index in [0.717, 1.165) is 35.2 Å². The highest BCUT2D eigenvalue weighted by Crippen LogP contribution is 2.30. The minimum atomic E-state index is -0.363. The quantitative estimate of drug-likeness (QED) is 0.225. The molecular formula is C30H32N6O3. The number of piperidine rings is 1. The van der Waals surface area contributed by atoms with Gasteiger partial charge in [0.2, 0.25) is 0 Å². The first-order valence-corrected chi connectivity index (χ1v) is 13.1. The zero-order chi connectivity index (χ0) is 26.9. The van der Waals surface area contributed by atoms with E-state index in [1.807, 2.05) is 60.7 Å². The van der Waals surface area contributed by atoms with Crippen LogP contribution >= 0.6 is 0 Å². The summed E-state index contributed by atoms with van der Waals surface area (Å²) in [6.45, 7) is 3.12. The number of fused-ring (bicyclic) bond motifs is 1. The van der Waals surface area contributed by atoms with E-state index in [-0.39, 0.29) is 12.1 Å². The Morgan fingerprint density at radius 1 is 0.744 bits per heavy atom. The van der Waals surface area contributed by atoms with E-state index in [0.29, 0.717) is 30.3 Å². The Morgan fingerprint density at radius 2 is 1.38 bits per heavy atom. The lowest BCUT2D eigenvalue weighted by molar-refractivity contribution is 0.106. The van der Waals surface area contributed by atoms with Gasteiger partial charge in [-0.05, 0) is 66.9 Å². The molecule has 5 rings (SSSR count). The van der Waals surface area contributed by atoms with E-state index in [4.69, 9.17) is 4.74 Å². The van der Waals surface area contributed by atoms with Crippen molar-refractivity contribution in [3.05, 3.63) is 90.8 Å². The van der Waals surface area contributed by atoms with Crippen molar-refractivity contribution in [1.29, 1.82) is 0 Å². The van der Waals surface area contributed by atoms with E-state index in [1.165, 1.54) is 19.3 Å². The van der Waals surface area contributed by atoms with Crippen molar-refractivity contribution in [2.24, 2.45) is 0 Å². The maximum absolute atomic E-state index is 12.8. The maximum Gasteiger partial charge on any atom is 0.323 e. The minimum absolute atomic E-state index is 0.321. The average molecular weight is 525 g/mol. The predicted octanol–water partition coefficient (Wildman–Crippen LogP) is 6.02. The van der Waals surface area contributed by atoms with Crippen molar-refractivity contribution >= 4 is 39.9 Å². The second-order valence-corrected chi connectivity index (χ2v) is 9.43. The standard InChI is InChI=1S/C30H32N6O3/c37-29(32-20-22-14-16-31-17-15-22)34-27-12-13-28(26-7-3-2-6-25(26)27)35-30(38)33-23-8-10-24(11-9-23)39-21-36-18-4-1-5-19-36/h2-3,6-17H,1,4-5,18-21H2,(H2,32,34,37)(H2,33,35,38). The molecule has 0 bridgehead atoms. The number of nitrogens with one attached hydrogen (secondary N) is 4. The summed E-state index contributed by atoms with van der Waals surface area (Å²) in [5.41, 5.74) is 2.89. The molecular weight excluding hydrogens is 492 g/mol. The topological polar surface area (TPSA) is 108 Å². The number of amides is 4. The normalized spacial score (nSPS) is 13.4. The molecule has 1 aliphatic heterocycles. The lowest BCUT2D eigenvalue weighted by Crippen LogP contribution is -2.33. The molecule has 2 heterocycles. The van der Waals surface area contributed by atoms with Gasteiger partial charge in [-0.1, -0.05) is 30.7 Å². The van der Waals surface area contributed by atoms with Gasteiger partial charge in [-0.2, -0.15) is 0 Å². The third-order valence-electron chi connectivity index (χ3n) is 6.60. The number of benzene rings is 3. The molecule has 39 heavy (non-hydrogen) atoms. The fourth-order valence-corrected chi connectivity index (χ4v) is 4.54. The molecule has 9 nitrogen and oxygen atoms in total. The Morgan fingerprint density at radius 3 is 2.05 bits per heavy atom. The molecule has 0 saturated carbocycles. The van der Waals surface area contributed by atoms with E-state index >= 15 is 0 Å². The summed E-state index contributed by atoms with van der Waals surface area (Å²) < 4.78 is 5.89. The van der Waals surface area contributed by atoms with Crippen molar-refractivity contribution in [2.45, 2.75) is 25.8 Å². The van der Waals surface area contributed by atoms with Crippen LogP contribution in [0.2, 0.25) is 0 Å². The summed E-state index contributed by atoms with van der Waals surface area (Å²) in [5, 5.41) is 13.2. The molecule has 1 fully saturated rings. The van der Waals surface area contributed by atoms with E-state index < -0.39 is 0 Å². The minimum Gasteiger partial charge on any atom is -0.478 e. The predicted molar refractivity (Wildman–Crippen MR) is 154 cm³/mol. The molecule has 0 atom stereocenters. The molecule has 1 aliphatic rings. The second kappa shape index (κ2) is 12.7. The highest BCUT2D eigenvalue weighted by Gasteiger charge is 2.12. The van der Waals surface area contributed by atoms with Crippen LogP contribution in [0, 0.1) is 0 Å². The van der Waals surface area contributed by atoms with Crippen LogP contribution in [0.15, 0.2) is 85.2 Å². The lowest BCUT2D eigenvalue weighted by Gasteiger charge is -2.26. The third kappa shape index (κ3) is 7.24. The summed E-state index contributed by atoms with van der Waals surface area (Å²) in [4.78, 5) is 31.6. The van der Waals surface area contributed by atoms with Gasteiger partial charge in [-0.25, -0.2) is 9.59 Å². The highest BCUT2D eigenvalue weighted by molar-refractivity contribution is 6.11. The molecule has 4 N–H and O–H groups in total. The zero-order valence-electron chi connectivity index (χ0n) is 21.7. The number of carbonyl (C=O) groups excluding carboxylic acids is 2. The number of pyridine rings is 1. The fraction of sp³-hybridized carbons (Fsp3) is 0.233. The van der Waals surface area contributed by atoms with Crippen molar-refractivity contribution in [3.8, 4) is 5.75 Å². The first kappa shape index (κ1) is 26.0. The Hall–Kier alpha value is -4.63. The Labute approximate surface area is 227 Å². The number of likely N-dealkylation sites (tertiary alicyclic amines) is 1. The molecule has 0 spiro atoms. The van der Waals surface area contributed by atoms with Crippen LogP contribution in [0.3, 0.4) is 0 Å². The van der Waals surface area contributed by atoms with Gasteiger partial charge in [-0.15, -0.1) is 0 Å². The van der Waals surface area contributed by atoms with Gasteiger partial charge in [0.25, 0.3) is 0 Å². The van der Waals surface area contributed by atoms with Crippen LogP contribution in [-0.2, 0) is 6.54 Å². The number of aromatic nitrogens is 1. The van der Waals surface area contributed by atoms with Crippen LogP contribution in [-0.4, -0.2) is 41.8 Å².